The number of aromatic nitrogens is 2. The SMILES string of the molecule is CCc1cc2c(=O)c3c4ccc(C)cc4[nH]c3n(C(C)C)c2cc1C1CCN(C2COC2)CC1. The summed E-state index contributed by atoms with van der Waals surface area (Å²) in [5.74, 6) is 0.549. The lowest BCUT2D eigenvalue weighted by Crippen LogP contribution is -2.51. The van der Waals surface area contributed by atoms with Gasteiger partial charge in [-0.3, -0.25) is 9.69 Å². The molecule has 6 rings (SSSR count). The van der Waals surface area contributed by atoms with Crippen LogP contribution in [-0.2, 0) is 11.2 Å². The minimum Gasteiger partial charge on any atom is -0.378 e. The molecule has 0 amide bonds. The maximum absolute atomic E-state index is 13.9. The number of benzene rings is 2. The van der Waals surface area contributed by atoms with E-state index in [4.69, 9.17) is 4.74 Å². The van der Waals surface area contributed by atoms with Crippen LogP contribution in [0.2, 0.25) is 0 Å². The summed E-state index contributed by atoms with van der Waals surface area (Å²) in [7, 11) is 0. The van der Waals surface area contributed by atoms with Gasteiger partial charge in [-0.1, -0.05) is 19.1 Å². The third-order valence-electron chi connectivity index (χ3n) is 8.17. The zero-order valence-corrected chi connectivity index (χ0v) is 20.8. The van der Waals surface area contributed by atoms with Crippen LogP contribution >= 0.6 is 0 Å². The van der Waals surface area contributed by atoms with Gasteiger partial charge in [-0.25, -0.2) is 0 Å². The number of ether oxygens (including phenoxy) is 1. The Bertz CT molecular complexity index is 1450. The molecule has 2 aliphatic heterocycles. The Morgan fingerprint density at radius 3 is 2.50 bits per heavy atom. The van der Waals surface area contributed by atoms with E-state index in [1.165, 1.54) is 29.5 Å². The van der Waals surface area contributed by atoms with Gasteiger partial charge < -0.3 is 14.3 Å². The van der Waals surface area contributed by atoms with E-state index in [9.17, 15) is 4.79 Å². The molecule has 2 aliphatic rings. The molecule has 4 heterocycles. The maximum atomic E-state index is 13.9. The van der Waals surface area contributed by atoms with E-state index in [0.717, 1.165) is 65.6 Å². The summed E-state index contributed by atoms with van der Waals surface area (Å²) in [6.45, 7) is 12.8. The summed E-state index contributed by atoms with van der Waals surface area (Å²) in [5, 5.41) is 2.70. The van der Waals surface area contributed by atoms with Gasteiger partial charge in [0.1, 0.15) is 5.65 Å². The van der Waals surface area contributed by atoms with Gasteiger partial charge in [0.2, 0.25) is 0 Å². The summed E-state index contributed by atoms with van der Waals surface area (Å²) in [6.07, 6.45) is 3.30. The summed E-state index contributed by atoms with van der Waals surface area (Å²) >= 11 is 0. The second-order valence-corrected chi connectivity index (χ2v) is 10.6. The maximum Gasteiger partial charge on any atom is 0.199 e. The van der Waals surface area contributed by atoms with E-state index in [0.29, 0.717) is 12.0 Å². The smallest absolute Gasteiger partial charge is 0.199 e. The zero-order chi connectivity index (χ0) is 23.6. The number of H-pyrrole nitrogens is 1. The Hall–Kier alpha value is -2.63. The van der Waals surface area contributed by atoms with Gasteiger partial charge in [-0.2, -0.15) is 0 Å². The van der Waals surface area contributed by atoms with E-state index in [2.05, 4.69) is 72.5 Å². The fourth-order valence-corrected chi connectivity index (χ4v) is 6.23. The normalized spacial score (nSPS) is 18.5. The first-order valence-electron chi connectivity index (χ1n) is 12.9. The van der Waals surface area contributed by atoms with Crippen LogP contribution in [0.1, 0.15) is 62.3 Å². The highest BCUT2D eigenvalue weighted by Gasteiger charge is 2.31. The van der Waals surface area contributed by atoms with Crippen LogP contribution in [0, 0.1) is 6.92 Å². The van der Waals surface area contributed by atoms with Crippen molar-refractivity contribution < 1.29 is 4.74 Å². The Labute approximate surface area is 200 Å². The van der Waals surface area contributed by atoms with Crippen LogP contribution < -0.4 is 5.43 Å². The number of nitrogens with zero attached hydrogens (tertiary/aromatic N) is 2. The number of piperidine rings is 1. The molecule has 5 nitrogen and oxygen atoms in total. The van der Waals surface area contributed by atoms with Crippen LogP contribution in [0.15, 0.2) is 35.1 Å². The van der Waals surface area contributed by atoms with Crippen molar-refractivity contribution >= 4 is 32.8 Å². The quantitative estimate of drug-likeness (QED) is 0.430. The van der Waals surface area contributed by atoms with Crippen molar-refractivity contribution in [1.82, 2.24) is 14.5 Å². The first-order valence-corrected chi connectivity index (χ1v) is 12.9. The molecule has 0 saturated carbocycles. The molecule has 0 bridgehead atoms. The Kier molecular flexibility index (Phi) is 5.30. The minimum absolute atomic E-state index is 0.151. The molecule has 0 aliphatic carbocycles. The molecule has 178 valence electrons. The molecule has 0 radical (unpaired) electrons. The van der Waals surface area contributed by atoms with Crippen LogP contribution in [0.25, 0.3) is 32.8 Å². The first kappa shape index (κ1) is 21.9. The number of aromatic amines is 1. The lowest BCUT2D eigenvalue weighted by molar-refractivity contribution is -0.0712. The van der Waals surface area contributed by atoms with Crippen LogP contribution in [0.5, 0.6) is 0 Å². The number of fused-ring (bicyclic) bond motifs is 4. The van der Waals surface area contributed by atoms with Gasteiger partial charge in [0.05, 0.1) is 30.2 Å². The van der Waals surface area contributed by atoms with Gasteiger partial charge in [0.15, 0.2) is 5.43 Å². The summed E-state index contributed by atoms with van der Waals surface area (Å²) in [5.41, 5.74) is 7.18. The van der Waals surface area contributed by atoms with Gasteiger partial charge in [-0.05, 0) is 93.9 Å². The molecular formula is C29H35N3O2. The number of hydrogen-bond acceptors (Lipinski definition) is 3. The third-order valence-corrected chi connectivity index (χ3v) is 8.17. The average Bonchev–Trinajstić information content (AvgIpc) is 3.16. The van der Waals surface area contributed by atoms with E-state index >= 15 is 0 Å². The molecule has 2 aromatic heterocycles. The second kappa shape index (κ2) is 8.24. The predicted molar refractivity (Wildman–Crippen MR) is 140 cm³/mol. The fourth-order valence-electron chi connectivity index (χ4n) is 6.23. The highest BCUT2D eigenvalue weighted by atomic mass is 16.5. The van der Waals surface area contributed by atoms with Crippen LogP contribution in [0.4, 0.5) is 0 Å². The van der Waals surface area contributed by atoms with Gasteiger partial charge in [0.25, 0.3) is 0 Å². The molecule has 5 heteroatoms. The van der Waals surface area contributed by atoms with Gasteiger partial charge in [0, 0.05) is 22.3 Å². The molecule has 2 saturated heterocycles. The number of nitrogens with one attached hydrogen (secondary N) is 1. The van der Waals surface area contributed by atoms with Crippen molar-refractivity contribution in [1.29, 1.82) is 0 Å². The third kappa shape index (κ3) is 3.32. The highest BCUT2D eigenvalue weighted by Crippen LogP contribution is 2.36. The lowest BCUT2D eigenvalue weighted by Gasteiger charge is -2.41. The molecule has 2 aromatic carbocycles. The predicted octanol–water partition coefficient (Wildman–Crippen LogP) is 5.67. The second-order valence-electron chi connectivity index (χ2n) is 10.6. The van der Waals surface area contributed by atoms with Gasteiger partial charge >= 0.3 is 0 Å². The van der Waals surface area contributed by atoms with E-state index in [1.54, 1.807) is 0 Å². The lowest BCUT2D eigenvalue weighted by atomic mass is 9.84. The number of likely N-dealkylation sites (tertiary alicyclic amines) is 1. The highest BCUT2D eigenvalue weighted by molar-refractivity contribution is 6.10. The standard InChI is InChI=1S/C29H35N3O2/c1-5-19-13-24-26(14-23(19)20-8-10-31(11-9-20)21-15-34-16-21)32(17(2)3)29-27(28(24)33)22-7-6-18(4)12-25(22)30-29/h6-7,12-14,17,20-21,30H,5,8-11,15-16H2,1-4H3. The first-order chi connectivity index (χ1) is 16.5. The van der Waals surface area contributed by atoms with Crippen LogP contribution in [-0.4, -0.2) is 46.8 Å². The number of hydrogen-bond donors (Lipinski definition) is 1. The van der Waals surface area contributed by atoms with E-state index in [-0.39, 0.29) is 11.5 Å². The Morgan fingerprint density at radius 1 is 1.09 bits per heavy atom. The average molecular weight is 458 g/mol. The zero-order valence-electron chi connectivity index (χ0n) is 20.8. The molecule has 0 unspecified atom stereocenters. The Balaban J connectivity index is 1.54. The van der Waals surface area contributed by atoms with E-state index in [1.807, 2.05) is 0 Å². The molecule has 0 spiro atoms. The largest absolute Gasteiger partial charge is 0.378 e. The summed E-state index contributed by atoms with van der Waals surface area (Å²) in [4.78, 5) is 20.1. The molecule has 2 fully saturated rings. The molecule has 1 N–H and O–H groups in total. The monoisotopic (exact) mass is 457 g/mol. The van der Waals surface area contributed by atoms with Crippen molar-refractivity contribution in [3.63, 3.8) is 0 Å². The van der Waals surface area contributed by atoms with Crippen molar-refractivity contribution in [2.75, 3.05) is 26.3 Å². The molecular weight excluding hydrogens is 422 g/mol. The summed E-state index contributed by atoms with van der Waals surface area (Å²) in [6, 6.07) is 11.8. The minimum atomic E-state index is 0.151. The molecule has 0 atom stereocenters. The van der Waals surface area contributed by atoms with Gasteiger partial charge in [-0.15, -0.1) is 0 Å². The van der Waals surface area contributed by atoms with Crippen molar-refractivity contribution in [3.8, 4) is 0 Å². The fraction of sp³-hybridized carbons (Fsp3) is 0.483. The number of pyridine rings is 1. The number of rotatable bonds is 4. The van der Waals surface area contributed by atoms with Crippen molar-refractivity contribution in [2.24, 2.45) is 0 Å². The van der Waals surface area contributed by atoms with Crippen LogP contribution in [0.3, 0.4) is 0 Å². The Morgan fingerprint density at radius 2 is 1.85 bits per heavy atom. The molecule has 34 heavy (non-hydrogen) atoms. The topological polar surface area (TPSA) is 50.3 Å². The van der Waals surface area contributed by atoms with Crippen molar-refractivity contribution in [2.45, 2.75) is 65.0 Å². The van der Waals surface area contributed by atoms with E-state index < -0.39 is 0 Å². The summed E-state index contributed by atoms with van der Waals surface area (Å²) < 4.78 is 7.77. The molecule has 4 aromatic rings. The number of aryl methyl sites for hydroxylation is 2. The van der Waals surface area contributed by atoms with Crippen molar-refractivity contribution in [3.05, 3.63) is 57.2 Å².